The van der Waals surface area contributed by atoms with Gasteiger partial charge in [-0.15, -0.1) is 0 Å². The van der Waals surface area contributed by atoms with Crippen LogP contribution < -0.4 is 10.2 Å². The van der Waals surface area contributed by atoms with Crippen LogP contribution in [0.4, 0.5) is 4.79 Å². The molecule has 0 rings (SSSR count). The van der Waals surface area contributed by atoms with Gasteiger partial charge in [-0.2, -0.15) is 0 Å². The van der Waals surface area contributed by atoms with E-state index in [1.165, 1.54) is 0 Å². The number of aliphatic hydroxyl groups is 2. The lowest BCUT2D eigenvalue weighted by Gasteiger charge is -1.96. The molecule has 0 saturated heterocycles. The van der Waals surface area contributed by atoms with Crippen LogP contribution in [-0.4, -0.2) is 29.6 Å². The van der Waals surface area contributed by atoms with Gasteiger partial charge >= 0.3 is 0 Å². The summed E-state index contributed by atoms with van der Waals surface area (Å²) >= 11 is 0. The van der Waals surface area contributed by atoms with Crippen LogP contribution in [0.3, 0.4) is 0 Å². The van der Waals surface area contributed by atoms with Crippen molar-refractivity contribution in [3.05, 3.63) is 24.3 Å². The van der Waals surface area contributed by atoms with Crippen molar-refractivity contribution in [2.45, 2.75) is 13.8 Å². The molecule has 0 unspecified atom stereocenters. The summed E-state index contributed by atoms with van der Waals surface area (Å²) in [5, 5.41) is 32.8. The molecule has 84 valence electrons. The average molecular weight is 204 g/mol. The number of aliphatic hydroxyl groups excluding tert-OH is 2. The van der Waals surface area contributed by atoms with Crippen molar-refractivity contribution in [1.82, 2.24) is 0 Å². The molecule has 0 saturated carbocycles. The van der Waals surface area contributed by atoms with Crippen LogP contribution in [0.2, 0.25) is 0 Å². The molecule has 0 spiro atoms. The third-order valence-electron chi connectivity index (χ3n) is 0.540. The van der Waals surface area contributed by atoms with Crippen LogP contribution in [0.15, 0.2) is 24.3 Å². The minimum Gasteiger partial charge on any atom is -0.652 e. The minimum atomic E-state index is -2.33. The molecule has 14 heavy (non-hydrogen) atoms. The minimum absolute atomic E-state index is 0.111. The first-order chi connectivity index (χ1) is 6.27. The highest BCUT2D eigenvalue weighted by Crippen LogP contribution is 1.77. The molecule has 0 aliphatic carbocycles. The summed E-state index contributed by atoms with van der Waals surface area (Å²) in [4.78, 5) is 8.33. The SMILES string of the molecule is C=C(C)CO.C=C(C)CO.O=C([O-])[O-]. The van der Waals surface area contributed by atoms with Gasteiger partial charge < -0.3 is 25.2 Å². The van der Waals surface area contributed by atoms with Crippen molar-refractivity contribution in [1.29, 1.82) is 0 Å². The van der Waals surface area contributed by atoms with Gasteiger partial charge in [0.1, 0.15) is 0 Å². The van der Waals surface area contributed by atoms with E-state index in [1.807, 2.05) is 0 Å². The van der Waals surface area contributed by atoms with E-state index in [1.54, 1.807) is 13.8 Å². The Labute approximate surface area is 83.6 Å². The van der Waals surface area contributed by atoms with E-state index in [9.17, 15) is 0 Å². The standard InChI is InChI=1S/2C4H8O.CH2O3/c2*1-4(2)3-5;2-1(3)4/h2*5H,1,3H2,2H3;(H2,2,3,4)/p-2. The van der Waals surface area contributed by atoms with Gasteiger partial charge in [0.25, 0.3) is 0 Å². The number of rotatable bonds is 2. The predicted molar refractivity (Wildman–Crippen MR) is 49.2 cm³/mol. The molecule has 0 heterocycles. The Balaban J connectivity index is -0.000000131. The van der Waals surface area contributed by atoms with Crippen molar-refractivity contribution >= 4 is 6.16 Å². The van der Waals surface area contributed by atoms with Gasteiger partial charge in [-0.3, -0.25) is 0 Å². The largest absolute Gasteiger partial charge is 0.652 e. The lowest BCUT2D eigenvalue weighted by molar-refractivity contribution is -0.415. The Morgan fingerprint density at radius 3 is 1.14 bits per heavy atom. The second kappa shape index (κ2) is 14.2. The lowest BCUT2D eigenvalue weighted by atomic mass is 10.4. The maximum absolute atomic E-state index is 8.33. The summed E-state index contributed by atoms with van der Waals surface area (Å²) in [5.41, 5.74) is 1.62. The molecule has 5 heteroatoms. The second-order valence-electron chi connectivity index (χ2n) is 2.48. The van der Waals surface area contributed by atoms with E-state index in [0.717, 1.165) is 11.1 Å². The van der Waals surface area contributed by atoms with Crippen molar-refractivity contribution in [3.63, 3.8) is 0 Å². The van der Waals surface area contributed by atoms with Crippen molar-refractivity contribution in [2.24, 2.45) is 0 Å². The second-order valence-corrected chi connectivity index (χ2v) is 2.48. The molecule has 0 amide bonds. The van der Waals surface area contributed by atoms with Crippen LogP contribution in [0, 0.1) is 0 Å². The van der Waals surface area contributed by atoms with E-state index in [-0.39, 0.29) is 13.2 Å². The molecule has 0 aromatic rings. The summed E-state index contributed by atoms with van der Waals surface area (Å²) in [6.45, 7) is 10.6. The molecule has 5 nitrogen and oxygen atoms in total. The van der Waals surface area contributed by atoms with Crippen LogP contribution in [0.1, 0.15) is 13.8 Å². The molecule has 2 N–H and O–H groups in total. The highest BCUT2D eigenvalue weighted by atomic mass is 16.6. The quantitative estimate of drug-likeness (QED) is 0.542. The monoisotopic (exact) mass is 204 g/mol. The van der Waals surface area contributed by atoms with Gasteiger partial charge in [-0.05, 0) is 20.0 Å². The van der Waals surface area contributed by atoms with Gasteiger partial charge in [0, 0.05) is 0 Å². The van der Waals surface area contributed by atoms with Gasteiger partial charge in [-0.1, -0.05) is 24.3 Å². The molecule has 0 aliphatic rings. The summed E-state index contributed by atoms with van der Waals surface area (Å²) in [7, 11) is 0. The Hall–Kier alpha value is -1.33. The fourth-order valence-electron chi connectivity index (χ4n) is 0. The van der Waals surface area contributed by atoms with E-state index in [0.29, 0.717) is 0 Å². The fourth-order valence-corrected chi connectivity index (χ4v) is 0. The smallest absolute Gasteiger partial charge is 0.0636 e. The Kier molecular flexibility index (Phi) is 18.7. The maximum Gasteiger partial charge on any atom is 0.0636 e. The highest BCUT2D eigenvalue weighted by Gasteiger charge is 1.69. The van der Waals surface area contributed by atoms with Crippen LogP contribution >= 0.6 is 0 Å². The fraction of sp³-hybridized carbons (Fsp3) is 0.444. The normalized spacial score (nSPS) is 7.14. The van der Waals surface area contributed by atoms with Gasteiger partial charge in [-0.25, -0.2) is 0 Å². The Morgan fingerprint density at radius 1 is 1.07 bits per heavy atom. The van der Waals surface area contributed by atoms with Crippen molar-refractivity contribution in [3.8, 4) is 0 Å². The average Bonchev–Trinajstić information content (AvgIpc) is 2.04. The third kappa shape index (κ3) is 140. The first kappa shape index (κ1) is 18.5. The van der Waals surface area contributed by atoms with E-state index in [4.69, 9.17) is 25.2 Å². The molecule has 0 aliphatic heterocycles. The van der Waals surface area contributed by atoms with Crippen LogP contribution in [0.5, 0.6) is 0 Å². The molecule has 0 aromatic carbocycles. The van der Waals surface area contributed by atoms with Crippen molar-refractivity contribution in [2.75, 3.05) is 13.2 Å². The topological polar surface area (TPSA) is 104 Å². The van der Waals surface area contributed by atoms with Gasteiger partial charge in [0.05, 0.1) is 13.2 Å². The van der Waals surface area contributed by atoms with E-state index in [2.05, 4.69) is 13.2 Å². The first-order valence-electron chi connectivity index (χ1n) is 3.66. The summed E-state index contributed by atoms with van der Waals surface area (Å²) in [6, 6.07) is 0. The Morgan fingerprint density at radius 2 is 1.14 bits per heavy atom. The van der Waals surface area contributed by atoms with Gasteiger partial charge in [0.15, 0.2) is 0 Å². The summed E-state index contributed by atoms with van der Waals surface area (Å²) in [5.74, 6) is 0. The highest BCUT2D eigenvalue weighted by molar-refractivity contribution is 5.47. The summed E-state index contributed by atoms with van der Waals surface area (Å²) < 4.78 is 0. The Bertz CT molecular complexity index is 156. The third-order valence-corrected chi connectivity index (χ3v) is 0.540. The first-order valence-corrected chi connectivity index (χ1v) is 3.66. The molecule has 0 fully saturated rings. The number of hydrogen-bond donors (Lipinski definition) is 2. The molecule has 0 aromatic heterocycles. The maximum atomic E-state index is 8.33. The molecular weight excluding hydrogens is 188 g/mol. The molecule has 0 atom stereocenters. The number of hydrogen-bond acceptors (Lipinski definition) is 5. The van der Waals surface area contributed by atoms with E-state index >= 15 is 0 Å². The molecule has 0 radical (unpaired) electrons. The van der Waals surface area contributed by atoms with Crippen LogP contribution in [-0.2, 0) is 0 Å². The van der Waals surface area contributed by atoms with E-state index < -0.39 is 6.16 Å². The number of carbonyl (C=O) groups is 1. The zero-order valence-electron chi connectivity index (χ0n) is 8.45. The van der Waals surface area contributed by atoms with Gasteiger partial charge in [0.2, 0.25) is 0 Å². The molecule has 0 bridgehead atoms. The number of carbonyl (C=O) groups excluding carboxylic acids is 1. The van der Waals surface area contributed by atoms with Crippen LogP contribution in [0.25, 0.3) is 0 Å². The summed E-state index contributed by atoms with van der Waals surface area (Å²) in [6.07, 6.45) is -2.33. The number of carboxylic acid groups (broad SMARTS) is 2. The van der Waals surface area contributed by atoms with Crippen molar-refractivity contribution < 1.29 is 25.2 Å². The molecular formula is C9H16O5-2. The lowest BCUT2D eigenvalue weighted by Crippen LogP contribution is -2.37. The zero-order valence-corrected chi connectivity index (χ0v) is 8.45. The zero-order chi connectivity index (χ0) is 12.1. The predicted octanol–water partition coefficient (Wildman–Crippen LogP) is -1.34.